The molecule has 5 rings (SSSR count). The van der Waals surface area contributed by atoms with Gasteiger partial charge in [0, 0.05) is 44.3 Å². The average molecular weight is 603 g/mol. The van der Waals surface area contributed by atoms with Crippen LogP contribution in [0.1, 0.15) is 49.5 Å². The summed E-state index contributed by atoms with van der Waals surface area (Å²) in [5.74, 6) is -0.263. The lowest BCUT2D eigenvalue weighted by Gasteiger charge is -2.36. The number of hydrogen-bond donors (Lipinski definition) is 1. The Balaban J connectivity index is 1.66. The molecular weight excluding hydrogens is 567 g/mol. The second kappa shape index (κ2) is 11.9. The fourth-order valence-corrected chi connectivity index (χ4v) is 5.68. The second-order valence-electron chi connectivity index (χ2n) is 11.7. The van der Waals surface area contributed by atoms with Crippen molar-refractivity contribution in [3.8, 4) is 0 Å². The zero-order chi connectivity index (χ0) is 30.2. The van der Waals surface area contributed by atoms with Crippen molar-refractivity contribution in [3.63, 3.8) is 0 Å². The highest BCUT2D eigenvalue weighted by Gasteiger charge is 2.35. The summed E-state index contributed by atoms with van der Waals surface area (Å²) in [5.41, 5.74) is 0.212. The van der Waals surface area contributed by atoms with E-state index in [1.54, 1.807) is 37.3 Å². The summed E-state index contributed by atoms with van der Waals surface area (Å²) in [5, 5.41) is 3.28. The number of aryl methyl sites for hydroxylation is 1. The van der Waals surface area contributed by atoms with Gasteiger partial charge in [0.2, 0.25) is 0 Å². The molecule has 4 heterocycles. The van der Waals surface area contributed by atoms with Gasteiger partial charge < -0.3 is 33.7 Å². The molecule has 2 amide bonds. The van der Waals surface area contributed by atoms with Crippen LogP contribution in [0.4, 0.5) is 15.0 Å². The number of ether oxygens (including phenoxy) is 2. The number of aromatic nitrogens is 3. The Hall–Kier alpha value is -3.64. The number of nitrogens with one attached hydrogen (secondary N) is 1. The fraction of sp³-hybridized carbons (Fsp3) is 0.517. The number of piperidine rings is 1. The van der Waals surface area contributed by atoms with Gasteiger partial charge >= 0.3 is 6.09 Å². The minimum Gasteiger partial charge on any atom is -0.444 e. The molecule has 0 aliphatic carbocycles. The Bertz CT molecular complexity index is 1560. The predicted octanol–water partition coefficient (Wildman–Crippen LogP) is 3.54. The number of rotatable bonds is 5. The molecule has 13 heteroatoms. The first-order chi connectivity index (χ1) is 19.9. The van der Waals surface area contributed by atoms with Crippen molar-refractivity contribution in [2.24, 2.45) is 7.05 Å². The molecule has 0 spiro atoms. The van der Waals surface area contributed by atoms with Gasteiger partial charge in [-0.15, -0.1) is 0 Å². The van der Waals surface area contributed by atoms with Gasteiger partial charge in [0.05, 0.1) is 26.1 Å². The monoisotopic (exact) mass is 602 g/mol. The van der Waals surface area contributed by atoms with E-state index in [-0.39, 0.29) is 40.6 Å². The van der Waals surface area contributed by atoms with E-state index in [0.29, 0.717) is 68.6 Å². The van der Waals surface area contributed by atoms with E-state index in [0.717, 1.165) is 0 Å². The van der Waals surface area contributed by atoms with E-state index in [9.17, 15) is 18.8 Å². The number of benzene rings is 1. The lowest BCUT2D eigenvalue weighted by atomic mass is 10.0. The van der Waals surface area contributed by atoms with Crippen molar-refractivity contribution < 1.29 is 23.5 Å². The van der Waals surface area contributed by atoms with Gasteiger partial charge in [-0.1, -0.05) is 11.6 Å². The zero-order valence-electron chi connectivity index (χ0n) is 24.3. The Kier molecular flexibility index (Phi) is 8.47. The van der Waals surface area contributed by atoms with Gasteiger partial charge in [-0.2, -0.15) is 0 Å². The summed E-state index contributed by atoms with van der Waals surface area (Å²) in [7, 11) is 1.59. The van der Waals surface area contributed by atoms with Crippen LogP contribution < -0.4 is 15.8 Å². The predicted molar refractivity (Wildman–Crippen MR) is 157 cm³/mol. The number of hydrogen-bond acceptors (Lipinski definition) is 7. The number of carbonyl (C=O) groups excluding carboxylic acids is 2. The maximum Gasteiger partial charge on any atom is 0.407 e. The minimum absolute atomic E-state index is 0.0282. The van der Waals surface area contributed by atoms with Crippen molar-refractivity contribution in [1.82, 2.24) is 24.3 Å². The van der Waals surface area contributed by atoms with Crippen LogP contribution in [0.15, 0.2) is 29.3 Å². The van der Waals surface area contributed by atoms with Crippen LogP contribution >= 0.6 is 11.6 Å². The van der Waals surface area contributed by atoms with Gasteiger partial charge in [-0.3, -0.25) is 9.59 Å². The molecule has 0 saturated carbocycles. The van der Waals surface area contributed by atoms with Crippen LogP contribution in [0.2, 0.25) is 5.02 Å². The molecule has 2 aliphatic heterocycles. The highest BCUT2D eigenvalue weighted by atomic mass is 35.5. The summed E-state index contributed by atoms with van der Waals surface area (Å²) in [6.45, 7) is 7.94. The quantitative estimate of drug-likeness (QED) is 0.476. The largest absolute Gasteiger partial charge is 0.444 e. The second-order valence-corrected chi connectivity index (χ2v) is 12.1. The van der Waals surface area contributed by atoms with Crippen molar-refractivity contribution in [3.05, 3.63) is 56.8 Å². The molecule has 2 aliphatic rings. The minimum atomic E-state index is -0.654. The Labute approximate surface area is 248 Å². The highest BCUT2D eigenvalue weighted by molar-refractivity contribution is 6.31. The smallest absolute Gasteiger partial charge is 0.407 e. The van der Waals surface area contributed by atoms with Crippen molar-refractivity contribution in [2.75, 3.05) is 44.3 Å². The van der Waals surface area contributed by atoms with E-state index >= 15 is 0 Å². The molecule has 3 aromatic rings. The third-order valence-corrected chi connectivity index (χ3v) is 7.75. The van der Waals surface area contributed by atoms with E-state index in [4.69, 9.17) is 21.1 Å². The molecule has 2 fully saturated rings. The zero-order valence-corrected chi connectivity index (χ0v) is 25.0. The number of anilines is 1. The van der Waals surface area contributed by atoms with Gasteiger partial charge in [-0.05, 0) is 57.4 Å². The van der Waals surface area contributed by atoms with Gasteiger partial charge in [0.15, 0.2) is 0 Å². The fourth-order valence-electron chi connectivity index (χ4n) is 5.50. The van der Waals surface area contributed by atoms with E-state index in [1.807, 2.05) is 4.90 Å². The molecule has 2 saturated heterocycles. The number of amides is 2. The standard InChI is InChI=1S/C29H36ClFN6O5/c1-29(2,3)42-28(40)33-20-6-5-9-36(16-20)25-22(26(38)35-10-12-41-13-11-35)23-24(27(39)34(4)17-32-23)37(25)15-18-14-19(31)7-8-21(18)30/h7-8,14,17,20H,5-6,9-13,15-16H2,1-4H3,(H,33,40)/t20-/m1/s1. The van der Waals surface area contributed by atoms with Crippen molar-refractivity contribution >= 4 is 40.5 Å². The van der Waals surface area contributed by atoms with Crippen LogP contribution in [-0.2, 0) is 23.1 Å². The third-order valence-electron chi connectivity index (χ3n) is 7.38. The molecule has 226 valence electrons. The average Bonchev–Trinajstić information content (AvgIpc) is 3.26. The molecule has 1 aromatic carbocycles. The van der Waals surface area contributed by atoms with Crippen molar-refractivity contribution in [1.29, 1.82) is 0 Å². The maximum atomic E-state index is 14.3. The summed E-state index contributed by atoms with van der Waals surface area (Å²) < 4.78 is 28.4. The first kappa shape index (κ1) is 29.8. The van der Waals surface area contributed by atoms with Crippen LogP contribution in [0, 0.1) is 5.82 Å². The molecule has 0 bridgehead atoms. The Morgan fingerprint density at radius 1 is 1.21 bits per heavy atom. The Morgan fingerprint density at radius 3 is 2.67 bits per heavy atom. The number of morpholine rings is 1. The number of fused-ring (bicyclic) bond motifs is 1. The summed E-state index contributed by atoms with van der Waals surface area (Å²) in [4.78, 5) is 48.7. The topological polar surface area (TPSA) is 111 Å². The van der Waals surface area contributed by atoms with Crippen LogP contribution in [0.5, 0.6) is 0 Å². The van der Waals surface area contributed by atoms with Gasteiger partial charge in [0.1, 0.15) is 33.8 Å². The molecule has 1 N–H and O–H groups in total. The van der Waals surface area contributed by atoms with Crippen LogP contribution in [-0.4, -0.2) is 82.1 Å². The summed E-state index contributed by atoms with van der Waals surface area (Å²) in [6, 6.07) is 3.78. The van der Waals surface area contributed by atoms with Gasteiger partial charge in [0.25, 0.3) is 11.5 Å². The molecule has 0 unspecified atom stereocenters. The van der Waals surface area contributed by atoms with E-state index in [2.05, 4.69) is 10.3 Å². The molecule has 2 aromatic heterocycles. The lowest BCUT2D eigenvalue weighted by Crippen LogP contribution is -2.50. The maximum absolute atomic E-state index is 14.3. The van der Waals surface area contributed by atoms with E-state index in [1.165, 1.54) is 29.1 Å². The molecule has 42 heavy (non-hydrogen) atoms. The summed E-state index contributed by atoms with van der Waals surface area (Å²) >= 11 is 6.49. The Morgan fingerprint density at radius 2 is 1.95 bits per heavy atom. The SMILES string of the molecule is Cn1cnc2c(C(=O)N3CCOCC3)c(N3CCC[C@@H](NC(=O)OC(C)(C)C)C3)n(Cc3cc(F)ccc3Cl)c2c1=O. The third kappa shape index (κ3) is 6.24. The van der Waals surface area contributed by atoms with Crippen molar-refractivity contribution in [2.45, 2.75) is 51.8 Å². The van der Waals surface area contributed by atoms with Crippen LogP contribution in [0.3, 0.4) is 0 Å². The molecular formula is C29H36ClFN6O5. The number of halogens is 2. The first-order valence-corrected chi connectivity index (χ1v) is 14.4. The van der Waals surface area contributed by atoms with Crippen LogP contribution in [0.25, 0.3) is 11.0 Å². The number of alkyl carbamates (subject to hydrolysis) is 1. The van der Waals surface area contributed by atoms with E-state index < -0.39 is 17.5 Å². The lowest BCUT2D eigenvalue weighted by molar-refractivity contribution is 0.0304. The molecule has 0 radical (unpaired) electrons. The molecule has 1 atom stereocenters. The molecule has 11 nitrogen and oxygen atoms in total. The summed E-state index contributed by atoms with van der Waals surface area (Å²) in [6.07, 6.45) is 2.28. The number of nitrogens with zero attached hydrogens (tertiary/aromatic N) is 5. The number of carbonyl (C=O) groups is 2. The first-order valence-electron chi connectivity index (χ1n) is 14.1. The highest BCUT2D eigenvalue weighted by Crippen LogP contribution is 2.35. The normalized spacial score (nSPS) is 17.9. The van der Waals surface area contributed by atoms with Gasteiger partial charge in [-0.25, -0.2) is 14.2 Å².